The largest absolute Gasteiger partial charge is 0.487 e. The van der Waals surface area contributed by atoms with Gasteiger partial charge in [-0.3, -0.25) is 0 Å². The Morgan fingerprint density at radius 3 is 1.30 bits per heavy atom. The maximum atomic E-state index is 6.61. The molecule has 3 rings (SSSR count). The van der Waals surface area contributed by atoms with E-state index >= 15 is 0 Å². The second kappa shape index (κ2) is 13.5. The minimum atomic E-state index is -0.364. The number of benzene rings is 2. The predicted octanol–water partition coefficient (Wildman–Crippen LogP) is 11.9. The minimum Gasteiger partial charge on any atom is -0.487 e. The fourth-order valence-corrected chi connectivity index (χ4v) is 6.16. The highest BCUT2D eigenvalue weighted by molar-refractivity contribution is 7.19. The second-order valence-electron chi connectivity index (χ2n) is 15.4. The zero-order valence-corrected chi connectivity index (χ0v) is 29.9. The fourth-order valence-electron chi connectivity index (χ4n) is 4.84. The molecule has 0 amide bonds. The van der Waals surface area contributed by atoms with Gasteiger partial charge in [-0.05, 0) is 132 Å². The van der Waals surface area contributed by atoms with Crippen molar-refractivity contribution < 1.29 is 18.9 Å². The summed E-state index contributed by atoms with van der Waals surface area (Å²) in [7, 11) is 0. The van der Waals surface area contributed by atoms with Crippen LogP contribution in [0.2, 0.25) is 0 Å². The molecule has 0 atom stereocenters. The van der Waals surface area contributed by atoms with Crippen molar-refractivity contribution in [1.29, 1.82) is 0 Å². The number of hydrogen-bond donors (Lipinski definition) is 0. The van der Waals surface area contributed by atoms with E-state index in [1.165, 1.54) is 29.7 Å². The lowest BCUT2D eigenvalue weighted by Gasteiger charge is -2.27. The van der Waals surface area contributed by atoms with Gasteiger partial charge in [0.1, 0.15) is 45.4 Å². The Morgan fingerprint density at radius 2 is 0.930 bits per heavy atom. The third kappa shape index (κ3) is 10.8. The number of ether oxygens (including phenoxy) is 4. The highest BCUT2D eigenvalue weighted by atomic mass is 32.1. The molecule has 0 aliphatic heterocycles. The van der Waals surface area contributed by atoms with Gasteiger partial charge in [0.25, 0.3) is 0 Å². The van der Waals surface area contributed by atoms with Crippen LogP contribution in [0.25, 0.3) is 20.9 Å². The van der Waals surface area contributed by atoms with Crippen molar-refractivity contribution in [1.82, 2.24) is 0 Å². The van der Waals surface area contributed by atoms with E-state index in [1.807, 2.05) is 12.1 Å². The van der Waals surface area contributed by atoms with Crippen molar-refractivity contribution in [3.8, 4) is 43.9 Å². The Morgan fingerprint density at radius 1 is 0.535 bits per heavy atom. The van der Waals surface area contributed by atoms with E-state index in [9.17, 15) is 0 Å². The van der Waals surface area contributed by atoms with Gasteiger partial charge >= 0.3 is 0 Å². The van der Waals surface area contributed by atoms with Gasteiger partial charge < -0.3 is 18.9 Å². The first-order chi connectivity index (χ1) is 19.8. The van der Waals surface area contributed by atoms with Gasteiger partial charge in [0, 0.05) is 9.75 Å². The zero-order valence-electron chi connectivity index (χ0n) is 29.1. The van der Waals surface area contributed by atoms with Crippen LogP contribution in [0, 0.1) is 0 Å². The number of aryl methyl sites for hydroxylation is 1. The Balaban J connectivity index is 2.35. The van der Waals surface area contributed by atoms with Crippen LogP contribution in [0.3, 0.4) is 0 Å². The molecule has 2 aromatic carbocycles. The van der Waals surface area contributed by atoms with Crippen LogP contribution in [-0.2, 0) is 6.42 Å². The average Bonchev–Trinajstić information content (AvgIpc) is 3.21. The lowest BCUT2D eigenvalue weighted by atomic mass is 10.00. The summed E-state index contributed by atoms with van der Waals surface area (Å²) in [4.78, 5) is 2.30. The van der Waals surface area contributed by atoms with E-state index in [0.29, 0.717) is 0 Å². The van der Waals surface area contributed by atoms with Gasteiger partial charge in [-0.2, -0.15) is 0 Å². The molecule has 0 saturated carbocycles. The number of unbranched alkanes of at least 4 members (excludes halogenated alkanes) is 3. The molecule has 43 heavy (non-hydrogen) atoms. The molecule has 0 aliphatic carbocycles. The Hall–Kier alpha value is -2.66. The highest BCUT2D eigenvalue weighted by Gasteiger charge is 2.28. The van der Waals surface area contributed by atoms with Gasteiger partial charge in [0.05, 0.1) is 11.1 Å². The van der Waals surface area contributed by atoms with Crippen LogP contribution in [-0.4, -0.2) is 22.4 Å². The van der Waals surface area contributed by atoms with Gasteiger partial charge in [-0.15, -0.1) is 11.3 Å². The summed E-state index contributed by atoms with van der Waals surface area (Å²) in [6.45, 7) is 27.3. The molecule has 0 unspecified atom stereocenters. The smallest absolute Gasteiger partial charge is 0.132 e. The molecule has 0 saturated heterocycles. The van der Waals surface area contributed by atoms with E-state index in [-0.39, 0.29) is 22.4 Å². The monoisotopic (exact) mass is 608 g/mol. The van der Waals surface area contributed by atoms with Crippen molar-refractivity contribution in [2.45, 2.75) is 145 Å². The van der Waals surface area contributed by atoms with E-state index in [2.05, 4.69) is 120 Å². The fraction of sp³-hybridized carbons (Fsp3) is 0.579. The molecule has 238 valence electrons. The van der Waals surface area contributed by atoms with E-state index in [4.69, 9.17) is 18.9 Å². The maximum absolute atomic E-state index is 6.61. The summed E-state index contributed by atoms with van der Waals surface area (Å²) in [5, 5.41) is 0. The zero-order chi connectivity index (χ0) is 32.2. The van der Waals surface area contributed by atoms with Crippen LogP contribution in [0.5, 0.6) is 23.0 Å². The molecular weight excluding hydrogens is 552 g/mol. The first-order valence-electron chi connectivity index (χ1n) is 15.9. The highest BCUT2D eigenvalue weighted by Crippen LogP contribution is 2.51. The van der Waals surface area contributed by atoms with Gasteiger partial charge in [-0.1, -0.05) is 38.3 Å². The lowest BCUT2D eigenvalue weighted by Crippen LogP contribution is -2.25. The summed E-state index contributed by atoms with van der Waals surface area (Å²) < 4.78 is 26.4. The van der Waals surface area contributed by atoms with Crippen LogP contribution >= 0.6 is 11.3 Å². The van der Waals surface area contributed by atoms with Gasteiger partial charge in [0.15, 0.2) is 0 Å². The molecule has 0 spiro atoms. The van der Waals surface area contributed by atoms with E-state index in [0.717, 1.165) is 51.8 Å². The number of hydrogen-bond acceptors (Lipinski definition) is 5. The minimum absolute atomic E-state index is 0.362. The molecule has 5 heteroatoms. The van der Waals surface area contributed by atoms with E-state index in [1.54, 1.807) is 11.3 Å². The average molecular weight is 609 g/mol. The maximum Gasteiger partial charge on any atom is 0.132 e. The van der Waals surface area contributed by atoms with Crippen LogP contribution < -0.4 is 18.9 Å². The summed E-state index contributed by atoms with van der Waals surface area (Å²) in [5.74, 6) is 3.32. The third-order valence-electron chi connectivity index (χ3n) is 6.22. The van der Waals surface area contributed by atoms with Gasteiger partial charge in [0.2, 0.25) is 0 Å². The SMILES string of the molecule is CCCCCCc1cc(-c2c(OC(C)(C)C)cccc2OC(C)(C)C)sc1-c1c(OC(C)(C)C)cccc1OC(C)(C)C. The first-order valence-corrected chi connectivity index (χ1v) is 16.7. The summed E-state index contributed by atoms with van der Waals surface area (Å²) in [6.07, 6.45) is 5.75. The number of thiophene rings is 1. The van der Waals surface area contributed by atoms with Crippen molar-refractivity contribution in [3.63, 3.8) is 0 Å². The predicted molar refractivity (Wildman–Crippen MR) is 185 cm³/mol. The first kappa shape index (κ1) is 34.8. The van der Waals surface area contributed by atoms with Crippen molar-refractivity contribution in [3.05, 3.63) is 48.0 Å². The molecule has 0 fully saturated rings. The Kier molecular flexibility index (Phi) is 11.0. The summed E-state index contributed by atoms with van der Waals surface area (Å²) in [5.41, 5.74) is 1.85. The normalized spacial score (nSPS) is 12.8. The lowest BCUT2D eigenvalue weighted by molar-refractivity contribution is 0.122. The number of rotatable bonds is 11. The van der Waals surface area contributed by atoms with Crippen molar-refractivity contribution in [2.24, 2.45) is 0 Å². The Labute approximate surface area is 266 Å². The third-order valence-corrected chi connectivity index (χ3v) is 7.44. The molecule has 0 radical (unpaired) electrons. The Bertz CT molecular complexity index is 1270. The molecular formula is C38H56O4S. The molecule has 4 nitrogen and oxygen atoms in total. The van der Waals surface area contributed by atoms with Crippen molar-refractivity contribution >= 4 is 11.3 Å². The molecule has 3 aromatic rings. The quantitative estimate of drug-likeness (QED) is 0.203. The van der Waals surface area contributed by atoms with Gasteiger partial charge in [-0.25, -0.2) is 0 Å². The van der Waals surface area contributed by atoms with Crippen LogP contribution in [0.15, 0.2) is 42.5 Å². The molecule has 0 aliphatic rings. The van der Waals surface area contributed by atoms with E-state index < -0.39 is 0 Å². The van der Waals surface area contributed by atoms with Crippen LogP contribution in [0.1, 0.15) is 121 Å². The molecule has 0 bridgehead atoms. The molecule has 1 aromatic heterocycles. The summed E-state index contributed by atoms with van der Waals surface area (Å²) >= 11 is 1.77. The molecule has 1 heterocycles. The van der Waals surface area contributed by atoms with Crippen LogP contribution in [0.4, 0.5) is 0 Å². The second-order valence-corrected chi connectivity index (χ2v) is 16.4. The summed E-state index contributed by atoms with van der Waals surface area (Å²) in [6, 6.07) is 14.7. The molecule has 0 N–H and O–H groups in total. The van der Waals surface area contributed by atoms with Crippen molar-refractivity contribution in [2.75, 3.05) is 0 Å². The standard InChI is InChI=1S/C38H56O4S/c1-14-15-16-17-20-26-25-31(32-27(39-35(2,3)4)21-18-22-28(32)40-36(5,6)7)43-34(26)33-29(41-37(8,9)10)23-19-24-30(33)42-38(11,12)13/h18-19,21-25H,14-17,20H2,1-13H3. The topological polar surface area (TPSA) is 36.9 Å².